The fraction of sp³-hybridized carbons (Fsp3) is 0.100. The van der Waals surface area contributed by atoms with Crippen LogP contribution in [0.25, 0.3) is 33.3 Å². The van der Waals surface area contributed by atoms with Crippen LogP contribution in [0.5, 0.6) is 5.88 Å². The number of methoxy groups -OCH3 is 1. The van der Waals surface area contributed by atoms with Gasteiger partial charge in [-0.15, -0.1) is 0 Å². The number of fused-ring (bicyclic) bond motifs is 1. The summed E-state index contributed by atoms with van der Waals surface area (Å²) in [5.41, 5.74) is 16.7. The second-order valence-electron chi connectivity index (χ2n) is 6.12. The van der Waals surface area contributed by atoms with Crippen LogP contribution in [-0.2, 0) is 0 Å². The molecule has 4 N–H and O–H groups in total. The minimum absolute atomic E-state index is 0.225. The molecule has 0 aliphatic carbocycles. The molecular formula is C20H18N6O. The summed E-state index contributed by atoms with van der Waals surface area (Å²) in [7, 11) is 1.60. The van der Waals surface area contributed by atoms with Crippen LogP contribution in [0.1, 0.15) is 5.69 Å². The molecule has 0 bridgehead atoms. The van der Waals surface area contributed by atoms with Crippen LogP contribution >= 0.6 is 0 Å². The van der Waals surface area contributed by atoms with E-state index in [9.17, 15) is 0 Å². The topological polar surface area (TPSA) is 113 Å². The zero-order valence-electron chi connectivity index (χ0n) is 15.0. The average Bonchev–Trinajstić information content (AvgIpc) is 2.67. The normalized spacial score (nSPS) is 10.9. The second kappa shape index (κ2) is 6.53. The zero-order chi connectivity index (χ0) is 19.0. The molecule has 0 amide bonds. The maximum absolute atomic E-state index is 5.93. The van der Waals surface area contributed by atoms with Gasteiger partial charge in [0, 0.05) is 34.3 Å². The third-order valence-corrected chi connectivity index (χ3v) is 4.33. The Labute approximate surface area is 156 Å². The predicted octanol–water partition coefficient (Wildman–Crippen LogP) is 3.24. The number of pyridine rings is 2. The molecule has 0 aliphatic heterocycles. The Morgan fingerprint density at radius 3 is 2.44 bits per heavy atom. The van der Waals surface area contributed by atoms with Crippen molar-refractivity contribution in [3.63, 3.8) is 0 Å². The Hall–Kier alpha value is -3.74. The molecule has 0 saturated heterocycles. The van der Waals surface area contributed by atoms with Crippen molar-refractivity contribution in [1.29, 1.82) is 0 Å². The Morgan fingerprint density at radius 1 is 0.889 bits per heavy atom. The molecule has 1 aromatic carbocycles. The molecule has 0 atom stereocenters. The monoisotopic (exact) mass is 358 g/mol. The Balaban J connectivity index is 1.93. The van der Waals surface area contributed by atoms with Gasteiger partial charge < -0.3 is 16.2 Å². The molecule has 0 spiro atoms. The molecule has 7 heteroatoms. The maximum atomic E-state index is 5.93. The molecule has 7 nitrogen and oxygen atoms in total. The summed E-state index contributed by atoms with van der Waals surface area (Å²) in [5, 5.41) is 0.976. The van der Waals surface area contributed by atoms with E-state index in [1.165, 1.54) is 0 Å². The van der Waals surface area contributed by atoms with E-state index in [1.54, 1.807) is 19.4 Å². The summed E-state index contributed by atoms with van der Waals surface area (Å²) in [6, 6.07) is 13.4. The highest BCUT2D eigenvalue weighted by Gasteiger charge is 2.15. The van der Waals surface area contributed by atoms with E-state index in [0.29, 0.717) is 11.7 Å². The van der Waals surface area contributed by atoms with Crippen molar-refractivity contribution in [3.8, 4) is 28.3 Å². The smallest absolute Gasteiger partial charge is 0.220 e. The lowest BCUT2D eigenvalue weighted by atomic mass is 9.98. The number of hydrogen-bond acceptors (Lipinski definition) is 7. The maximum Gasteiger partial charge on any atom is 0.220 e. The van der Waals surface area contributed by atoms with Crippen molar-refractivity contribution < 1.29 is 4.74 Å². The molecule has 4 aromatic rings. The zero-order valence-corrected chi connectivity index (χ0v) is 15.0. The Morgan fingerprint density at radius 2 is 1.70 bits per heavy atom. The van der Waals surface area contributed by atoms with Crippen LogP contribution in [0.4, 0.5) is 11.8 Å². The lowest BCUT2D eigenvalue weighted by Gasteiger charge is -2.13. The van der Waals surface area contributed by atoms with Crippen molar-refractivity contribution >= 4 is 22.7 Å². The number of aromatic nitrogens is 4. The lowest BCUT2D eigenvalue weighted by molar-refractivity contribution is 0.399. The van der Waals surface area contributed by atoms with Crippen LogP contribution < -0.4 is 16.2 Å². The van der Waals surface area contributed by atoms with E-state index >= 15 is 0 Å². The molecule has 3 aromatic heterocycles. The number of nitrogens with zero attached hydrogens (tertiary/aromatic N) is 4. The van der Waals surface area contributed by atoms with Gasteiger partial charge in [0.25, 0.3) is 0 Å². The van der Waals surface area contributed by atoms with Gasteiger partial charge in [-0.1, -0.05) is 6.07 Å². The number of anilines is 2. The van der Waals surface area contributed by atoms with Gasteiger partial charge in [0.1, 0.15) is 5.82 Å². The predicted molar refractivity (Wildman–Crippen MR) is 106 cm³/mol. The standard InChI is InChI=1S/C20H18N6O/c1-11-18(14-4-7-16(21)23-10-14)19(26-20(22)24-11)13-3-6-15-12(9-13)5-8-17(25-15)27-2/h3-10H,1-2H3,(H2,21,23)(H2,22,24,26). The molecule has 27 heavy (non-hydrogen) atoms. The van der Waals surface area contributed by atoms with Crippen LogP contribution in [0.15, 0.2) is 48.7 Å². The minimum Gasteiger partial charge on any atom is -0.481 e. The highest BCUT2D eigenvalue weighted by molar-refractivity contribution is 5.89. The highest BCUT2D eigenvalue weighted by atomic mass is 16.5. The van der Waals surface area contributed by atoms with E-state index in [1.807, 2.05) is 43.3 Å². The quantitative estimate of drug-likeness (QED) is 0.578. The van der Waals surface area contributed by atoms with Crippen LogP contribution in [-0.4, -0.2) is 27.0 Å². The van der Waals surface area contributed by atoms with Crippen LogP contribution in [0.2, 0.25) is 0 Å². The van der Waals surface area contributed by atoms with Gasteiger partial charge in [-0.3, -0.25) is 0 Å². The van der Waals surface area contributed by atoms with Gasteiger partial charge in [-0.05, 0) is 37.3 Å². The molecule has 0 fully saturated rings. The van der Waals surface area contributed by atoms with Crippen molar-refractivity contribution in [3.05, 3.63) is 54.4 Å². The molecule has 0 radical (unpaired) electrons. The highest BCUT2D eigenvalue weighted by Crippen LogP contribution is 2.34. The summed E-state index contributed by atoms with van der Waals surface area (Å²) < 4.78 is 5.19. The average molecular weight is 358 g/mol. The molecular weight excluding hydrogens is 340 g/mol. The molecule has 0 saturated carbocycles. The van der Waals surface area contributed by atoms with Crippen molar-refractivity contribution in [2.75, 3.05) is 18.6 Å². The first-order chi connectivity index (χ1) is 13.0. The van der Waals surface area contributed by atoms with E-state index in [-0.39, 0.29) is 5.95 Å². The van der Waals surface area contributed by atoms with Gasteiger partial charge >= 0.3 is 0 Å². The summed E-state index contributed by atoms with van der Waals surface area (Å²) in [5.74, 6) is 1.26. The first kappa shape index (κ1) is 16.7. The van der Waals surface area contributed by atoms with Gasteiger partial charge in [-0.25, -0.2) is 19.9 Å². The molecule has 0 aliphatic rings. The van der Waals surface area contributed by atoms with E-state index < -0.39 is 0 Å². The SMILES string of the molecule is COc1ccc2cc(-c3nc(N)nc(C)c3-c3ccc(N)nc3)ccc2n1. The number of ether oxygens (including phenoxy) is 1. The largest absolute Gasteiger partial charge is 0.481 e. The number of hydrogen-bond donors (Lipinski definition) is 2. The van der Waals surface area contributed by atoms with E-state index in [4.69, 9.17) is 16.2 Å². The fourth-order valence-electron chi connectivity index (χ4n) is 3.07. The van der Waals surface area contributed by atoms with Crippen molar-refractivity contribution in [2.45, 2.75) is 6.92 Å². The van der Waals surface area contributed by atoms with Gasteiger partial charge in [0.15, 0.2) is 0 Å². The summed E-state index contributed by atoms with van der Waals surface area (Å²) in [4.78, 5) is 17.5. The van der Waals surface area contributed by atoms with Gasteiger partial charge in [0.05, 0.1) is 24.0 Å². The number of rotatable bonds is 3. The second-order valence-corrected chi connectivity index (χ2v) is 6.12. The third kappa shape index (κ3) is 3.10. The number of aryl methyl sites for hydroxylation is 1. The summed E-state index contributed by atoms with van der Waals surface area (Å²) in [6.07, 6.45) is 1.72. The Bertz CT molecular complexity index is 1140. The first-order valence-corrected chi connectivity index (χ1v) is 8.36. The molecule has 134 valence electrons. The first-order valence-electron chi connectivity index (χ1n) is 8.36. The van der Waals surface area contributed by atoms with E-state index in [0.717, 1.165) is 39.0 Å². The minimum atomic E-state index is 0.225. The van der Waals surface area contributed by atoms with Gasteiger partial charge in [-0.2, -0.15) is 0 Å². The number of nitrogen functional groups attached to an aromatic ring is 2. The van der Waals surface area contributed by atoms with Gasteiger partial charge in [0.2, 0.25) is 11.8 Å². The van der Waals surface area contributed by atoms with Crippen molar-refractivity contribution in [2.24, 2.45) is 0 Å². The fourth-order valence-corrected chi connectivity index (χ4v) is 3.07. The molecule has 3 heterocycles. The summed E-state index contributed by atoms with van der Waals surface area (Å²) >= 11 is 0. The molecule has 0 unspecified atom stereocenters. The van der Waals surface area contributed by atoms with Crippen molar-refractivity contribution in [1.82, 2.24) is 19.9 Å². The van der Waals surface area contributed by atoms with Crippen LogP contribution in [0, 0.1) is 6.92 Å². The van der Waals surface area contributed by atoms with Crippen LogP contribution in [0.3, 0.4) is 0 Å². The Kier molecular flexibility index (Phi) is 4.04. The van der Waals surface area contributed by atoms with E-state index in [2.05, 4.69) is 19.9 Å². The third-order valence-electron chi connectivity index (χ3n) is 4.33. The number of nitrogens with two attached hydrogens (primary N) is 2. The number of benzene rings is 1. The summed E-state index contributed by atoms with van der Waals surface area (Å²) in [6.45, 7) is 1.90. The molecule has 4 rings (SSSR count). The lowest BCUT2D eigenvalue weighted by Crippen LogP contribution is -2.03.